The van der Waals surface area contributed by atoms with E-state index in [1.54, 1.807) is 43.3 Å². The van der Waals surface area contributed by atoms with Gasteiger partial charge in [0.05, 0.1) is 29.2 Å². The molecule has 0 aromatic heterocycles. The van der Waals surface area contributed by atoms with E-state index in [2.05, 4.69) is 15.4 Å². The van der Waals surface area contributed by atoms with Gasteiger partial charge in [-0.3, -0.25) is 14.3 Å². The van der Waals surface area contributed by atoms with Crippen molar-refractivity contribution < 1.29 is 18.0 Å². The molecule has 0 spiro atoms. The zero-order valence-electron chi connectivity index (χ0n) is 18.0. The molecule has 0 unspecified atom stereocenters. The molecule has 7 nitrogen and oxygen atoms in total. The van der Waals surface area contributed by atoms with Crippen molar-refractivity contribution in [1.29, 1.82) is 0 Å². The van der Waals surface area contributed by atoms with Gasteiger partial charge in [-0.2, -0.15) is 0 Å². The van der Waals surface area contributed by atoms with Gasteiger partial charge in [-0.1, -0.05) is 48.5 Å². The Morgan fingerprint density at radius 2 is 1.50 bits per heavy atom. The molecule has 0 saturated carbocycles. The topological polar surface area (TPSA) is 104 Å². The van der Waals surface area contributed by atoms with E-state index in [0.717, 1.165) is 11.8 Å². The van der Waals surface area contributed by atoms with E-state index in [1.807, 2.05) is 37.3 Å². The van der Waals surface area contributed by atoms with Crippen LogP contribution in [0, 0.1) is 6.92 Å². The Bertz CT molecular complexity index is 1240. The van der Waals surface area contributed by atoms with Gasteiger partial charge in [0.25, 0.3) is 11.8 Å². The maximum Gasteiger partial charge on any atom is 0.255 e. The first-order valence-corrected chi connectivity index (χ1v) is 11.9. The lowest BCUT2D eigenvalue weighted by molar-refractivity contribution is 0.0940. The quantitative estimate of drug-likeness (QED) is 0.503. The largest absolute Gasteiger partial charge is 0.345 e. The lowest BCUT2D eigenvalue weighted by Crippen LogP contribution is -2.28. The molecule has 0 fully saturated rings. The maximum atomic E-state index is 12.9. The number of nitrogens with one attached hydrogen (secondary N) is 3. The Hall–Kier alpha value is -3.65. The molecule has 8 heteroatoms. The number of sulfonamides is 1. The van der Waals surface area contributed by atoms with Crippen LogP contribution in [0.4, 0.5) is 11.4 Å². The summed E-state index contributed by atoms with van der Waals surface area (Å²) in [6.45, 7) is 3.62. The molecule has 0 aliphatic carbocycles. The molecular weight excluding hydrogens is 426 g/mol. The smallest absolute Gasteiger partial charge is 0.255 e. The van der Waals surface area contributed by atoms with Crippen LogP contribution in [-0.2, 0) is 10.0 Å². The monoisotopic (exact) mass is 451 g/mol. The summed E-state index contributed by atoms with van der Waals surface area (Å²) in [5.41, 5.74) is 2.91. The molecular formula is C24H25N3O4S. The molecule has 0 aliphatic rings. The molecule has 3 N–H and O–H groups in total. The summed E-state index contributed by atoms with van der Waals surface area (Å²) >= 11 is 0. The highest BCUT2D eigenvalue weighted by atomic mass is 32.2. The second-order valence-corrected chi connectivity index (χ2v) is 9.26. The third-order valence-corrected chi connectivity index (χ3v) is 5.45. The third kappa shape index (κ3) is 5.95. The number of carbonyl (C=O) groups is 2. The van der Waals surface area contributed by atoms with Crippen LogP contribution in [0.5, 0.6) is 0 Å². The van der Waals surface area contributed by atoms with Crippen LogP contribution in [0.15, 0.2) is 72.8 Å². The average molecular weight is 452 g/mol. The molecule has 0 bridgehead atoms. The van der Waals surface area contributed by atoms with Crippen molar-refractivity contribution >= 4 is 33.2 Å². The first-order valence-electron chi connectivity index (χ1n) is 9.98. The van der Waals surface area contributed by atoms with Crippen molar-refractivity contribution in [1.82, 2.24) is 5.32 Å². The molecule has 2 amide bonds. The van der Waals surface area contributed by atoms with E-state index in [1.165, 1.54) is 6.07 Å². The highest BCUT2D eigenvalue weighted by Crippen LogP contribution is 2.21. The number of hydrogen-bond donors (Lipinski definition) is 3. The summed E-state index contributed by atoms with van der Waals surface area (Å²) in [6.07, 6.45) is 1.05. The SMILES string of the molecule is Cc1ccc(C(=O)Nc2ccccc2C(=O)N[C@@H](C)c2ccccc2)cc1NS(C)(=O)=O. The van der Waals surface area contributed by atoms with Gasteiger partial charge in [0.15, 0.2) is 0 Å². The van der Waals surface area contributed by atoms with Crippen LogP contribution < -0.4 is 15.4 Å². The van der Waals surface area contributed by atoms with Gasteiger partial charge < -0.3 is 10.6 Å². The van der Waals surface area contributed by atoms with Crippen LogP contribution in [-0.4, -0.2) is 26.5 Å². The number of rotatable bonds is 7. The van der Waals surface area contributed by atoms with Gasteiger partial charge in [-0.15, -0.1) is 0 Å². The fourth-order valence-electron chi connectivity index (χ4n) is 3.16. The minimum Gasteiger partial charge on any atom is -0.345 e. The van der Waals surface area contributed by atoms with Crippen molar-refractivity contribution in [2.24, 2.45) is 0 Å². The minimum absolute atomic E-state index is 0.214. The number of amides is 2. The lowest BCUT2D eigenvalue weighted by atomic mass is 10.1. The number of hydrogen-bond acceptors (Lipinski definition) is 4. The fraction of sp³-hybridized carbons (Fsp3) is 0.167. The predicted octanol–water partition coefficient (Wildman–Crippen LogP) is 4.11. The molecule has 1 atom stereocenters. The standard InChI is InChI=1S/C24H25N3O4S/c1-16-13-14-19(15-22(16)27-32(3,30)31)23(28)26-21-12-8-7-11-20(21)24(29)25-17(2)18-9-5-4-6-10-18/h4-15,17,27H,1-3H3,(H,25,29)(H,26,28)/t17-/m0/s1. The van der Waals surface area contributed by atoms with Gasteiger partial charge >= 0.3 is 0 Å². The van der Waals surface area contributed by atoms with Crippen molar-refractivity contribution in [2.75, 3.05) is 16.3 Å². The van der Waals surface area contributed by atoms with Crippen molar-refractivity contribution in [3.8, 4) is 0 Å². The summed E-state index contributed by atoms with van der Waals surface area (Å²) in [4.78, 5) is 25.7. The highest BCUT2D eigenvalue weighted by Gasteiger charge is 2.17. The molecule has 166 valence electrons. The zero-order chi connectivity index (χ0) is 23.3. The van der Waals surface area contributed by atoms with Crippen molar-refractivity contribution in [2.45, 2.75) is 19.9 Å². The predicted molar refractivity (Wildman–Crippen MR) is 126 cm³/mol. The van der Waals surface area contributed by atoms with Crippen LogP contribution in [0.2, 0.25) is 0 Å². The lowest BCUT2D eigenvalue weighted by Gasteiger charge is -2.16. The second-order valence-electron chi connectivity index (χ2n) is 7.51. The number of para-hydroxylation sites is 1. The second kappa shape index (κ2) is 9.65. The summed E-state index contributed by atoms with van der Waals surface area (Å²) in [7, 11) is -3.49. The number of benzene rings is 3. The summed E-state index contributed by atoms with van der Waals surface area (Å²) in [6, 6.07) is 20.8. The number of anilines is 2. The zero-order valence-corrected chi connectivity index (χ0v) is 18.9. The Labute approximate surface area is 187 Å². The normalized spacial score (nSPS) is 12.0. The van der Waals surface area contributed by atoms with E-state index in [9.17, 15) is 18.0 Å². The van der Waals surface area contributed by atoms with Gasteiger partial charge in [0.2, 0.25) is 10.0 Å². The van der Waals surface area contributed by atoms with Crippen molar-refractivity contribution in [3.63, 3.8) is 0 Å². The Balaban J connectivity index is 1.80. The molecule has 0 aliphatic heterocycles. The van der Waals surface area contributed by atoms with Crippen LogP contribution in [0.1, 0.15) is 44.8 Å². The number of carbonyl (C=O) groups excluding carboxylic acids is 2. The summed E-state index contributed by atoms with van der Waals surface area (Å²) in [5, 5.41) is 5.69. The first-order chi connectivity index (χ1) is 15.1. The van der Waals surface area contributed by atoms with Crippen LogP contribution in [0.25, 0.3) is 0 Å². The van der Waals surface area contributed by atoms with Gasteiger partial charge in [0, 0.05) is 5.56 Å². The van der Waals surface area contributed by atoms with E-state index in [4.69, 9.17) is 0 Å². The van der Waals surface area contributed by atoms with Crippen LogP contribution >= 0.6 is 0 Å². The maximum absolute atomic E-state index is 12.9. The Morgan fingerprint density at radius 1 is 0.844 bits per heavy atom. The fourth-order valence-corrected chi connectivity index (χ4v) is 3.78. The minimum atomic E-state index is -3.49. The van der Waals surface area contributed by atoms with E-state index in [0.29, 0.717) is 22.5 Å². The molecule has 0 radical (unpaired) electrons. The molecule has 0 saturated heterocycles. The molecule has 32 heavy (non-hydrogen) atoms. The molecule has 3 rings (SSSR count). The Morgan fingerprint density at radius 3 is 2.19 bits per heavy atom. The molecule has 0 heterocycles. The third-order valence-electron chi connectivity index (χ3n) is 4.86. The van der Waals surface area contributed by atoms with Gasteiger partial charge in [0.1, 0.15) is 0 Å². The van der Waals surface area contributed by atoms with E-state index >= 15 is 0 Å². The van der Waals surface area contributed by atoms with Gasteiger partial charge in [-0.05, 0) is 49.2 Å². The highest BCUT2D eigenvalue weighted by molar-refractivity contribution is 7.92. The van der Waals surface area contributed by atoms with Crippen molar-refractivity contribution in [3.05, 3.63) is 95.1 Å². The average Bonchev–Trinajstić information content (AvgIpc) is 2.75. The summed E-state index contributed by atoms with van der Waals surface area (Å²) in [5.74, 6) is -0.779. The first kappa shape index (κ1) is 23.0. The van der Waals surface area contributed by atoms with E-state index in [-0.39, 0.29) is 17.5 Å². The Kier molecular flexibility index (Phi) is 6.95. The molecule has 3 aromatic carbocycles. The molecule has 3 aromatic rings. The summed E-state index contributed by atoms with van der Waals surface area (Å²) < 4.78 is 25.6. The van der Waals surface area contributed by atoms with E-state index < -0.39 is 15.9 Å². The number of aryl methyl sites for hydroxylation is 1. The van der Waals surface area contributed by atoms with Gasteiger partial charge in [-0.25, -0.2) is 8.42 Å². The van der Waals surface area contributed by atoms with Crippen LogP contribution in [0.3, 0.4) is 0 Å².